The lowest BCUT2D eigenvalue weighted by Gasteiger charge is -2.39. The molecule has 0 aliphatic carbocycles. The van der Waals surface area contributed by atoms with Crippen LogP contribution in [0.5, 0.6) is 0 Å². The number of amides is 3. The number of hydrogen-bond donors (Lipinski definition) is 1. The Labute approximate surface area is 224 Å². The average molecular weight is 543 g/mol. The first-order valence-electron chi connectivity index (χ1n) is 12.4. The second-order valence-corrected chi connectivity index (χ2v) is 10.5. The lowest BCUT2D eigenvalue weighted by atomic mass is 9.98. The Morgan fingerprint density at radius 2 is 1.81 bits per heavy atom. The molecule has 0 saturated carbocycles. The summed E-state index contributed by atoms with van der Waals surface area (Å²) in [5, 5.41) is 5.52. The maximum atomic E-state index is 13.3. The Balaban J connectivity index is 1.08. The molecular formula is C26H28ClFN6O2S. The normalized spacial score (nSPS) is 16.6. The largest absolute Gasteiger partial charge is 0.353 e. The first kappa shape index (κ1) is 25.4. The SMILES string of the molecule is O=C(NCc1ccc(F)c(Cl)c1)c1csc(C2CCN(C(=O)N3CCN(c4ccccn4)CC3)CC2)n1. The van der Waals surface area contributed by atoms with E-state index >= 15 is 0 Å². The molecule has 1 N–H and O–H groups in total. The van der Waals surface area contributed by atoms with Gasteiger partial charge in [0.2, 0.25) is 0 Å². The van der Waals surface area contributed by atoms with E-state index in [1.54, 1.807) is 17.6 Å². The molecule has 2 aromatic heterocycles. The van der Waals surface area contributed by atoms with Gasteiger partial charge in [-0.3, -0.25) is 4.79 Å². The molecule has 2 fully saturated rings. The molecule has 4 heterocycles. The molecule has 0 radical (unpaired) electrons. The molecule has 0 unspecified atom stereocenters. The van der Waals surface area contributed by atoms with Crippen molar-refractivity contribution >= 4 is 40.7 Å². The zero-order valence-corrected chi connectivity index (χ0v) is 21.8. The van der Waals surface area contributed by atoms with E-state index < -0.39 is 5.82 Å². The van der Waals surface area contributed by atoms with Crippen LogP contribution in [0.4, 0.5) is 15.0 Å². The van der Waals surface area contributed by atoms with Crippen molar-refractivity contribution in [2.75, 3.05) is 44.2 Å². The summed E-state index contributed by atoms with van der Waals surface area (Å²) in [5.74, 6) is 0.413. The number of carbonyl (C=O) groups is 2. The Morgan fingerprint density at radius 1 is 1.05 bits per heavy atom. The third-order valence-corrected chi connectivity index (χ3v) is 8.13. The molecule has 2 aliphatic rings. The van der Waals surface area contributed by atoms with Crippen molar-refractivity contribution < 1.29 is 14.0 Å². The van der Waals surface area contributed by atoms with Crippen molar-refractivity contribution in [1.29, 1.82) is 0 Å². The van der Waals surface area contributed by atoms with Gasteiger partial charge < -0.3 is 20.0 Å². The van der Waals surface area contributed by atoms with Crippen LogP contribution >= 0.6 is 22.9 Å². The number of piperidine rings is 1. The van der Waals surface area contributed by atoms with Crippen LogP contribution in [0.2, 0.25) is 5.02 Å². The van der Waals surface area contributed by atoms with Gasteiger partial charge in [-0.25, -0.2) is 19.2 Å². The summed E-state index contributed by atoms with van der Waals surface area (Å²) in [6, 6.07) is 10.3. The van der Waals surface area contributed by atoms with Crippen LogP contribution in [0.3, 0.4) is 0 Å². The van der Waals surface area contributed by atoms with Crippen LogP contribution in [-0.4, -0.2) is 71.0 Å². The summed E-state index contributed by atoms with van der Waals surface area (Å²) in [4.78, 5) is 40.7. The molecule has 2 saturated heterocycles. The smallest absolute Gasteiger partial charge is 0.320 e. The number of urea groups is 1. The van der Waals surface area contributed by atoms with Gasteiger partial charge in [-0.15, -0.1) is 11.3 Å². The van der Waals surface area contributed by atoms with E-state index in [1.165, 1.54) is 23.5 Å². The van der Waals surface area contributed by atoms with Crippen molar-refractivity contribution in [3.63, 3.8) is 0 Å². The summed E-state index contributed by atoms with van der Waals surface area (Å²) in [6.45, 7) is 4.51. The van der Waals surface area contributed by atoms with Crippen molar-refractivity contribution in [1.82, 2.24) is 25.1 Å². The number of nitrogens with one attached hydrogen (secondary N) is 1. The van der Waals surface area contributed by atoms with Crippen molar-refractivity contribution in [2.45, 2.75) is 25.3 Å². The Hall–Kier alpha value is -3.24. The van der Waals surface area contributed by atoms with E-state index in [2.05, 4.69) is 20.2 Å². The molecule has 8 nitrogen and oxygen atoms in total. The molecule has 1 aromatic carbocycles. The highest BCUT2D eigenvalue weighted by atomic mass is 35.5. The van der Waals surface area contributed by atoms with Gasteiger partial charge in [0.25, 0.3) is 5.91 Å². The summed E-state index contributed by atoms with van der Waals surface area (Å²) >= 11 is 7.29. The fourth-order valence-corrected chi connectivity index (χ4v) is 5.86. The zero-order chi connectivity index (χ0) is 25.8. The highest BCUT2D eigenvalue weighted by Crippen LogP contribution is 2.31. The Bertz CT molecular complexity index is 1240. The number of piperazine rings is 1. The molecular weight excluding hydrogens is 515 g/mol. The third kappa shape index (κ3) is 6.02. The van der Waals surface area contributed by atoms with Crippen LogP contribution in [0.15, 0.2) is 48.0 Å². The number of benzene rings is 1. The first-order valence-corrected chi connectivity index (χ1v) is 13.6. The number of nitrogens with zero attached hydrogens (tertiary/aromatic N) is 5. The topological polar surface area (TPSA) is 81.7 Å². The molecule has 0 bridgehead atoms. The van der Waals surface area contributed by atoms with Crippen LogP contribution in [0.25, 0.3) is 0 Å². The van der Waals surface area contributed by atoms with Gasteiger partial charge in [-0.05, 0) is 42.7 Å². The third-order valence-electron chi connectivity index (χ3n) is 6.83. The molecule has 3 aromatic rings. The van der Waals surface area contributed by atoms with Gasteiger partial charge >= 0.3 is 6.03 Å². The zero-order valence-electron chi connectivity index (χ0n) is 20.3. The lowest BCUT2D eigenvalue weighted by Crippen LogP contribution is -2.54. The molecule has 11 heteroatoms. The molecule has 3 amide bonds. The minimum atomic E-state index is -0.489. The molecule has 194 valence electrons. The fourth-order valence-electron chi connectivity index (χ4n) is 4.69. The van der Waals surface area contributed by atoms with Crippen molar-refractivity contribution in [2.24, 2.45) is 0 Å². The minimum Gasteiger partial charge on any atom is -0.353 e. The second-order valence-electron chi connectivity index (χ2n) is 9.21. The predicted molar refractivity (Wildman–Crippen MR) is 142 cm³/mol. The van der Waals surface area contributed by atoms with E-state index in [0.717, 1.165) is 36.8 Å². The standard InChI is InChI=1S/C26H28ClFN6O2S/c27-20-15-18(4-5-21(20)28)16-30-24(35)22-17-37-25(31-22)19-6-9-33(10-7-19)26(36)34-13-11-32(12-14-34)23-3-1-2-8-29-23/h1-5,8,15,17,19H,6-7,9-14,16H2,(H,30,35). The van der Waals surface area contributed by atoms with Gasteiger partial charge in [0, 0.05) is 63.3 Å². The highest BCUT2D eigenvalue weighted by molar-refractivity contribution is 7.09. The van der Waals surface area contributed by atoms with Crippen LogP contribution in [0, 0.1) is 5.82 Å². The highest BCUT2D eigenvalue weighted by Gasteiger charge is 2.30. The van der Waals surface area contributed by atoms with Crippen molar-refractivity contribution in [3.05, 3.63) is 75.1 Å². The van der Waals surface area contributed by atoms with E-state index in [4.69, 9.17) is 11.6 Å². The van der Waals surface area contributed by atoms with Crippen LogP contribution < -0.4 is 10.2 Å². The number of rotatable bonds is 5. The van der Waals surface area contributed by atoms with Crippen LogP contribution in [-0.2, 0) is 6.54 Å². The number of thiazole rings is 1. The molecule has 2 aliphatic heterocycles. The van der Waals surface area contributed by atoms with Gasteiger partial charge in [0.15, 0.2) is 0 Å². The molecule has 5 rings (SSSR count). The number of halogens is 2. The number of anilines is 1. The number of likely N-dealkylation sites (tertiary alicyclic amines) is 1. The summed E-state index contributed by atoms with van der Waals surface area (Å²) < 4.78 is 13.3. The molecule has 0 spiro atoms. The maximum Gasteiger partial charge on any atom is 0.320 e. The summed E-state index contributed by atoms with van der Waals surface area (Å²) in [7, 11) is 0. The van der Waals surface area contributed by atoms with Gasteiger partial charge in [0.1, 0.15) is 17.3 Å². The molecule has 37 heavy (non-hydrogen) atoms. The fraction of sp³-hybridized carbons (Fsp3) is 0.385. The van der Waals surface area contributed by atoms with E-state index in [0.29, 0.717) is 37.4 Å². The summed E-state index contributed by atoms with van der Waals surface area (Å²) in [5.41, 5.74) is 1.09. The number of hydrogen-bond acceptors (Lipinski definition) is 6. The minimum absolute atomic E-state index is 0.0271. The van der Waals surface area contributed by atoms with E-state index in [9.17, 15) is 14.0 Å². The first-order chi connectivity index (χ1) is 18.0. The maximum absolute atomic E-state index is 13.3. The van der Waals surface area contributed by atoms with Gasteiger partial charge in [-0.1, -0.05) is 23.7 Å². The van der Waals surface area contributed by atoms with E-state index in [-0.39, 0.29) is 29.4 Å². The molecule has 0 atom stereocenters. The Kier molecular flexibility index (Phi) is 7.85. The van der Waals surface area contributed by atoms with Gasteiger partial charge in [-0.2, -0.15) is 0 Å². The van der Waals surface area contributed by atoms with E-state index in [1.807, 2.05) is 28.0 Å². The summed E-state index contributed by atoms with van der Waals surface area (Å²) in [6.07, 6.45) is 3.43. The Morgan fingerprint density at radius 3 is 2.51 bits per heavy atom. The van der Waals surface area contributed by atoms with Crippen LogP contribution in [0.1, 0.15) is 39.8 Å². The lowest BCUT2D eigenvalue weighted by molar-refractivity contribution is 0.0946. The number of pyridine rings is 1. The van der Waals surface area contributed by atoms with Gasteiger partial charge in [0.05, 0.1) is 10.0 Å². The second kappa shape index (κ2) is 11.4. The quantitative estimate of drug-likeness (QED) is 0.517. The van der Waals surface area contributed by atoms with Crippen molar-refractivity contribution in [3.8, 4) is 0 Å². The number of aromatic nitrogens is 2. The predicted octanol–water partition coefficient (Wildman–Crippen LogP) is 4.38. The number of carbonyl (C=O) groups excluding carboxylic acids is 2. The average Bonchev–Trinajstić information content (AvgIpc) is 3.44. The monoisotopic (exact) mass is 542 g/mol.